The van der Waals surface area contributed by atoms with Crippen LogP contribution < -0.4 is 10.6 Å². The number of nitrogens with one attached hydrogen (secondary N) is 2. The Balaban J connectivity index is 2.00. The Morgan fingerprint density at radius 3 is 2.21 bits per heavy atom. The SMILES string of the molecule is CC(C)(NC(=O)C(=O)Nc1ccc(C(F)(F)F)cc1)c1nccs1. The maximum absolute atomic E-state index is 12.5. The number of thiazole rings is 1. The van der Waals surface area contributed by atoms with Gasteiger partial charge in [-0.3, -0.25) is 9.59 Å². The third-order valence-electron chi connectivity index (χ3n) is 3.07. The van der Waals surface area contributed by atoms with Crippen molar-refractivity contribution in [3.63, 3.8) is 0 Å². The molecule has 128 valence electrons. The number of halogens is 3. The third-order valence-corrected chi connectivity index (χ3v) is 4.17. The van der Waals surface area contributed by atoms with Crippen LogP contribution in [0.2, 0.25) is 0 Å². The lowest BCUT2D eigenvalue weighted by Crippen LogP contribution is -2.46. The maximum atomic E-state index is 12.5. The van der Waals surface area contributed by atoms with Gasteiger partial charge in [-0.05, 0) is 38.1 Å². The first-order valence-electron chi connectivity index (χ1n) is 6.80. The van der Waals surface area contributed by atoms with E-state index < -0.39 is 29.1 Å². The van der Waals surface area contributed by atoms with E-state index in [0.717, 1.165) is 24.3 Å². The van der Waals surface area contributed by atoms with Gasteiger partial charge in [0.1, 0.15) is 5.01 Å². The number of alkyl halides is 3. The van der Waals surface area contributed by atoms with Gasteiger partial charge in [-0.15, -0.1) is 11.3 Å². The maximum Gasteiger partial charge on any atom is 0.416 e. The minimum atomic E-state index is -4.46. The lowest BCUT2D eigenvalue weighted by atomic mass is 10.1. The van der Waals surface area contributed by atoms with Gasteiger partial charge in [-0.25, -0.2) is 4.98 Å². The fourth-order valence-corrected chi connectivity index (χ4v) is 2.57. The first kappa shape index (κ1) is 17.9. The number of nitrogens with zero attached hydrogens (tertiary/aromatic N) is 1. The van der Waals surface area contributed by atoms with Gasteiger partial charge >= 0.3 is 18.0 Å². The number of anilines is 1. The first-order chi connectivity index (χ1) is 11.1. The van der Waals surface area contributed by atoms with E-state index in [1.165, 1.54) is 11.3 Å². The van der Waals surface area contributed by atoms with Gasteiger partial charge < -0.3 is 10.6 Å². The van der Waals surface area contributed by atoms with Gasteiger partial charge in [0.05, 0.1) is 11.1 Å². The molecular weight excluding hydrogens is 343 g/mol. The van der Waals surface area contributed by atoms with Crippen LogP contribution in [0.1, 0.15) is 24.4 Å². The zero-order valence-electron chi connectivity index (χ0n) is 12.8. The van der Waals surface area contributed by atoms with E-state index in [0.29, 0.717) is 5.01 Å². The predicted molar refractivity (Wildman–Crippen MR) is 83.4 cm³/mol. The van der Waals surface area contributed by atoms with Gasteiger partial charge in [-0.1, -0.05) is 0 Å². The monoisotopic (exact) mass is 357 g/mol. The van der Waals surface area contributed by atoms with E-state index in [1.54, 1.807) is 25.4 Å². The smallest absolute Gasteiger partial charge is 0.336 e. The fraction of sp³-hybridized carbons (Fsp3) is 0.267. The second kappa shape index (κ2) is 6.60. The Kier molecular flexibility index (Phi) is 4.93. The summed E-state index contributed by atoms with van der Waals surface area (Å²) in [4.78, 5) is 27.9. The van der Waals surface area contributed by atoms with E-state index in [1.807, 2.05) is 0 Å². The quantitative estimate of drug-likeness (QED) is 0.829. The van der Waals surface area contributed by atoms with Crippen molar-refractivity contribution in [2.45, 2.75) is 25.6 Å². The van der Waals surface area contributed by atoms with Crippen LogP contribution in [0, 0.1) is 0 Å². The summed E-state index contributed by atoms with van der Waals surface area (Å²) >= 11 is 1.33. The topological polar surface area (TPSA) is 71.1 Å². The van der Waals surface area contributed by atoms with Crippen LogP contribution in [-0.2, 0) is 21.3 Å². The molecule has 1 aromatic carbocycles. The standard InChI is InChI=1S/C15H14F3N3O2S/c1-14(2,13-19-7-8-24-13)21-12(23)11(22)20-10-5-3-9(4-6-10)15(16,17)18/h3-8H,1-2H3,(H,20,22)(H,21,23). The number of aromatic nitrogens is 1. The van der Waals surface area contributed by atoms with E-state index in [9.17, 15) is 22.8 Å². The molecular formula is C15H14F3N3O2S. The van der Waals surface area contributed by atoms with Crippen LogP contribution in [0.5, 0.6) is 0 Å². The predicted octanol–water partition coefficient (Wildman–Crippen LogP) is 3.15. The average Bonchev–Trinajstić information content (AvgIpc) is 3.01. The molecule has 0 saturated heterocycles. The Bertz CT molecular complexity index is 725. The number of benzene rings is 1. The molecule has 1 heterocycles. The Morgan fingerprint density at radius 1 is 1.08 bits per heavy atom. The largest absolute Gasteiger partial charge is 0.416 e. The molecule has 2 rings (SSSR count). The summed E-state index contributed by atoms with van der Waals surface area (Å²) in [6, 6.07) is 3.82. The number of hydrogen-bond acceptors (Lipinski definition) is 4. The third kappa shape index (κ3) is 4.31. The minimum Gasteiger partial charge on any atom is -0.336 e. The number of rotatable bonds is 3. The zero-order valence-corrected chi connectivity index (χ0v) is 13.6. The van der Waals surface area contributed by atoms with Crippen molar-refractivity contribution >= 4 is 28.8 Å². The molecule has 0 radical (unpaired) electrons. The molecule has 2 N–H and O–H groups in total. The van der Waals surface area contributed by atoms with Gasteiger partial charge in [0.15, 0.2) is 0 Å². The molecule has 9 heteroatoms. The van der Waals surface area contributed by atoms with E-state index in [4.69, 9.17) is 0 Å². The van der Waals surface area contributed by atoms with E-state index in [-0.39, 0.29) is 5.69 Å². The van der Waals surface area contributed by atoms with Crippen LogP contribution >= 0.6 is 11.3 Å². The second-order valence-electron chi connectivity index (χ2n) is 5.45. The first-order valence-corrected chi connectivity index (χ1v) is 7.68. The number of amides is 2. The summed E-state index contributed by atoms with van der Waals surface area (Å²) in [6.07, 6.45) is -2.88. The van der Waals surface area contributed by atoms with Crippen molar-refractivity contribution in [3.05, 3.63) is 46.4 Å². The van der Waals surface area contributed by atoms with Crippen molar-refractivity contribution in [1.82, 2.24) is 10.3 Å². The van der Waals surface area contributed by atoms with Crippen molar-refractivity contribution in [1.29, 1.82) is 0 Å². The van der Waals surface area contributed by atoms with Gasteiger partial charge in [0.25, 0.3) is 0 Å². The molecule has 0 saturated carbocycles. The number of hydrogen-bond donors (Lipinski definition) is 2. The number of carbonyl (C=O) groups is 2. The summed E-state index contributed by atoms with van der Waals surface area (Å²) in [5, 5.41) is 7.15. The van der Waals surface area contributed by atoms with Crippen molar-refractivity contribution in [2.24, 2.45) is 0 Å². The molecule has 1 aromatic heterocycles. The Hall–Kier alpha value is -2.42. The van der Waals surface area contributed by atoms with Gasteiger partial charge in [0.2, 0.25) is 0 Å². The van der Waals surface area contributed by atoms with Crippen molar-refractivity contribution in [2.75, 3.05) is 5.32 Å². The summed E-state index contributed by atoms with van der Waals surface area (Å²) in [5.74, 6) is -1.88. The highest BCUT2D eigenvalue weighted by molar-refractivity contribution is 7.09. The normalized spacial score (nSPS) is 11.9. The highest BCUT2D eigenvalue weighted by atomic mass is 32.1. The van der Waals surface area contributed by atoms with E-state index >= 15 is 0 Å². The summed E-state index contributed by atoms with van der Waals surface area (Å²) in [6.45, 7) is 3.38. The second-order valence-corrected chi connectivity index (χ2v) is 6.34. The van der Waals surface area contributed by atoms with Gasteiger partial charge in [0, 0.05) is 17.3 Å². The van der Waals surface area contributed by atoms with Crippen molar-refractivity contribution in [3.8, 4) is 0 Å². The molecule has 0 fully saturated rings. The molecule has 0 bridgehead atoms. The van der Waals surface area contributed by atoms with Crippen LogP contribution in [0.3, 0.4) is 0 Å². The lowest BCUT2D eigenvalue weighted by Gasteiger charge is -2.23. The lowest BCUT2D eigenvalue weighted by molar-refractivity contribution is -0.137. The van der Waals surface area contributed by atoms with Crippen LogP contribution in [0.25, 0.3) is 0 Å². The zero-order chi connectivity index (χ0) is 18.0. The van der Waals surface area contributed by atoms with Gasteiger partial charge in [-0.2, -0.15) is 13.2 Å². The number of carbonyl (C=O) groups excluding carboxylic acids is 2. The van der Waals surface area contributed by atoms with Crippen LogP contribution in [-0.4, -0.2) is 16.8 Å². The molecule has 0 aliphatic carbocycles. The molecule has 0 unspecified atom stereocenters. The van der Waals surface area contributed by atoms with Crippen LogP contribution in [0.15, 0.2) is 35.8 Å². The molecule has 0 aliphatic rings. The molecule has 0 spiro atoms. The average molecular weight is 357 g/mol. The minimum absolute atomic E-state index is 0.0928. The summed E-state index contributed by atoms with van der Waals surface area (Å²) < 4.78 is 37.4. The fourth-order valence-electron chi connectivity index (χ4n) is 1.86. The van der Waals surface area contributed by atoms with Crippen LogP contribution in [0.4, 0.5) is 18.9 Å². The molecule has 5 nitrogen and oxygen atoms in total. The molecule has 0 atom stereocenters. The Morgan fingerprint density at radius 2 is 1.71 bits per heavy atom. The highest BCUT2D eigenvalue weighted by Crippen LogP contribution is 2.29. The summed E-state index contributed by atoms with van der Waals surface area (Å²) in [7, 11) is 0. The molecule has 24 heavy (non-hydrogen) atoms. The van der Waals surface area contributed by atoms with Crippen molar-refractivity contribution < 1.29 is 22.8 Å². The van der Waals surface area contributed by atoms with E-state index in [2.05, 4.69) is 15.6 Å². The molecule has 2 amide bonds. The Labute approximate surface area is 139 Å². The highest BCUT2D eigenvalue weighted by Gasteiger charge is 2.31. The summed E-state index contributed by atoms with van der Waals surface area (Å²) in [5.41, 5.74) is -1.59. The molecule has 0 aliphatic heterocycles. The molecule has 2 aromatic rings.